The van der Waals surface area contributed by atoms with Crippen molar-refractivity contribution in [2.75, 3.05) is 13.1 Å². The Morgan fingerprint density at radius 2 is 2.07 bits per heavy atom. The zero-order valence-corrected chi connectivity index (χ0v) is 8.92. The first kappa shape index (κ1) is 11.2. The summed E-state index contributed by atoms with van der Waals surface area (Å²) in [4.78, 5) is 12.8. The molecule has 1 saturated heterocycles. The van der Waals surface area contributed by atoms with Crippen molar-refractivity contribution in [1.82, 2.24) is 4.90 Å². The fourth-order valence-electron chi connectivity index (χ4n) is 1.31. The third-order valence-electron chi connectivity index (χ3n) is 2.01. The predicted molar refractivity (Wildman–Crippen MR) is 49.4 cm³/mol. The van der Waals surface area contributed by atoms with Gasteiger partial charge in [0.1, 0.15) is 11.6 Å². The molecule has 0 aliphatic carbocycles. The van der Waals surface area contributed by atoms with Crippen molar-refractivity contribution >= 4 is 6.09 Å². The molecule has 0 bridgehead atoms. The molecule has 1 fully saturated rings. The van der Waals surface area contributed by atoms with E-state index in [2.05, 4.69) is 5.73 Å². The minimum Gasteiger partial charge on any atom is -0.444 e. The summed E-state index contributed by atoms with van der Waals surface area (Å²) in [5.74, 6) is 0. The van der Waals surface area contributed by atoms with Gasteiger partial charge in [-0.3, -0.25) is 4.90 Å². The van der Waals surface area contributed by atoms with E-state index in [1.165, 1.54) is 4.90 Å². The number of ether oxygens (including phenoxy) is 1. The number of likely N-dealkylation sites (tertiary alicyclic amines) is 1. The Balaban J connectivity index is 2.48. The highest BCUT2D eigenvalue weighted by Gasteiger charge is 2.37. The number of quaternary nitrogens is 1. The lowest BCUT2D eigenvalue weighted by Crippen LogP contribution is -2.65. The summed E-state index contributed by atoms with van der Waals surface area (Å²) in [6, 6.07) is -0.331. The Kier molecular flexibility index (Phi) is 2.99. The molecule has 0 unspecified atom stereocenters. The van der Waals surface area contributed by atoms with Crippen molar-refractivity contribution in [2.45, 2.75) is 38.6 Å². The standard InChI is InChI=1S/C9H17FN2O2/c1-9(2,3)14-8(13)12-4-6(10)7(11)5-12/h6-7H,4-5,11H2,1-3H3/p+1/t6-,7-/m0/s1. The Morgan fingerprint density at radius 3 is 2.43 bits per heavy atom. The number of rotatable bonds is 0. The largest absolute Gasteiger partial charge is 0.444 e. The summed E-state index contributed by atoms with van der Waals surface area (Å²) in [7, 11) is 0. The van der Waals surface area contributed by atoms with E-state index in [0.29, 0.717) is 6.54 Å². The van der Waals surface area contributed by atoms with Crippen molar-refractivity contribution < 1.29 is 19.7 Å². The summed E-state index contributed by atoms with van der Waals surface area (Å²) < 4.78 is 18.2. The van der Waals surface area contributed by atoms with Crippen LogP contribution in [0.1, 0.15) is 20.8 Å². The molecule has 5 heteroatoms. The molecule has 0 saturated carbocycles. The fourth-order valence-corrected chi connectivity index (χ4v) is 1.31. The zero-order valence-electron chi connectivity index (χ0n) is 8.92. The number of alkyl halides is 1. The highest BCUT2D eigenvalue weighted by atomic mass is 19.1. The molecule has 0 spiro atoms. The van der Waals surface area contributed by atoms with Crippen molar-refractivity contribution in [2.24, 2.45) is 0 Å². The maximum Gasteiger partial charge on any atom is 0.410 e. The van der Waals surface area contributed by atoms with Crippen molar-refractivity contribution in [3.05, 3.63) is 0 Å². The third kappa shape index (κ3) is 2.83. The van der Waals surface area contributed by atoms with Crippen LogP contribution in [-0.4, -0.2) is 41.9 Å². The number of hydrogen-bond acceptors (Lipinski definition) is 2. The van der Waals surface area contributed by atoms with Gasteiger partial charge in [0.25, 0.3) is 0 Å². The Bertz CT molecular complexity index is 217. The molecule has 14 heavy (non-hydrogen) atoms. The van der Waals surface area contributed by atoms with Gasteiger partial charge < -0.3 is 10.5 Å². The van der Waals surface area contributed by atoms with Gasteiger partial charge in [0.2, 0.25) is 0 Å². The van der Waals surface area contributed by atoms with Crippen molar-refractivity contribution in [3.8, 4) is 0 Å². The molecule has 0 aromatic carbocycles. The predicted octanol–water partition coefficient (Wildman–Crippen LogP) is 0.186. The first-order valence-corrected chi connectivity index (χ1v) is 4.74. The van der Waals surface area contributed by atoms with Crippen molar-refractivity contribution in [3.63, 3.8) is 0 Å². The molecule has 4 nitrogen and oxygen atoms in total. The van der Waals surface area contributed by atoms with Crippen LogP contribution >= 0.6 is 0 Å². The Hall–Kier alpha value is -0.840. The second-order valence-electron chi connectivity index (χ2n) is 4.66. The average molecular weight is 205 g/mol. The van der Waals surface area contributed by atoms with E-state index in [4.69, 9.17) is 4.74 Å². The number of hydrogen-bond donors (Lipinski definition) is 1. The maximum atomic E-state index is 13.0. The first-order valence-electron chi connectivity index (χ1n) is 4.74. The van der Waals surface area contributed by atoms with Crippen LogP contribution in [0, 0.1) is 0 Å². The van der Waals surface area contributed by atoms with E-state index in [1.54, 1.807) is 20.8 Å². The molecule has 1 aliphatic rings. The van der Waals surface area contributed by atoms with Crippen LogP contribution in [0.15, 0.2) is 0 Å². The van der Waals surface area contributed by atoms with Gasteiger partial charge in [-0.05, 0) is 20.8 Å². The Labute approximate surface area is 83.2 Å². The lowest BCUT2D eigenvalue weighted by Gasteiger charge is -2.23. The van der Waals surface area contributed by atoms with Gasteiger partial charge in [-0.1, -0.05) is 0 Å². The molecular weight excluding hydrogens is 187 g/mol. The van der Waals surface area contributed by atoms with Gasteiger partial charge in [0.05, 0.1) is 13.1 Å². The van der Waals surface area contributed by atoms with Gasteiger partial charge in [0.15, 0.2) is 6.17 Å². The highest BCUT2D eigenvalue weighted by molar-refractivity contribution is 5.68. The van der Waals surface area contributed by atoms with Crippen LogP contribution < -0.4 is 5.73 Å². The molecule has 0 radical (unpaired) electrons. The van der Waals surface area contributed by atoms with Crippen LogP contribution in [0.4, 0.5) is 9.18 Å². The number of halogens is 1. The number of carbonyl (C=O) groups excluding carboxylic acids is 1. The zero-order chi connectivity index (χ0) is 10.9. The SMILES string of the molecule is CC(C)(C)OC(=O)N1C[C@H]([NH3+])[C@@H](F)C1. The molecule has 3 N–H and O–H groups in total. The minimum absolute atomic E-state index is 0.100. The summed E-state index contributed by atoms with van der Waals surface area (Å²) in [5, 5.41) is 0. The first-order chi connectivity index (χ1) is 6.29. The molecule has 1 rings (SSSR count). The molecule has 1 amide bonds. The molecule has 0 aromatic heterocycles. The van der Waals surface area contributed by atoms with E-state index < -0.39 is 17.9 Å². The second-order valence-corrected chi connectivity index (χ2v) is 4.66. The van der Waals surface area contributed by atoms with E-state index in [0.717, 1.165) is 0 Å². The third-order valence-corrected chi connectivity index (χ3v) is 2.01. The molecule has 1 heterocycles. The maximum absolute atomic E-state index is 13.0. The van der Waals surface area contributed by atoms with Crippen LogP contribution in [0.2, 0.25) is 0 Å². The second kappa shape index (κ2) is 3.73. The lowest BCUT2D eigenvalue weighted by atomic mass is 10.2. The molecule has 1 aliphatic heterocycles. The van der Waals surface area contributed by atoms with E-state index >= 15 is 0 Å². The van der Waals surface area contributed by atoms with Crippen LogP contribution in [0.3, 0.4) is 0 Å². The van der Waals surface area contributed by atoms with Gasteiger partial charge in [-0.25, -0.2) is 9.18 Å². The van der Waals surface area contributed by atoms with Gasteiger partial charge >= 0.3 is 6.09 Å². The minimum atomic E-state index is -1.03. The highest BCUT2D eigenvalue weighted by Crippen LogP contribution is 2.15. The van der Waals surface area contributed by atoms with Crippen molar-refractivity contribution in [1.29, 1.82) is 0 Å². The molecule has 2 atom stereocenters. The summed E-state index contributed by atoms with van der Waals surface area (Å²) >= 11 is 0. The summed E-state index contributed by atoms with van der Waals surface area (Å²) in [5.41, 5.74) is 3.10. The van der Waals surface area contributed by atoms with Crippen LogP contribution in [0.5, 0.6) is 0 Å². The number of nitrogens with zero attached hydrogens (tertiary/aromatic N) is 1. The smallest absolute Gasteiger partial charge is 0.410 e. The molecule has 82 valence electrons. The molecule has 0 aromatic rings. The monoisotopic (exact) mass is 205 g/mol. The average Bonchev–Trinajstić information content (AvgIpc) is 2.28. The quantitative estimate of drug-likeness (QED) is 0.613. The fraction of sp³-hybridized carbons (Fsp3) is 0.889. The summed E-state index contributed by atoms with van der Waals surface area (Å²) in [6.07, 6.45) is -1.48. The Morgan fingerprint density at radius 1 is 1.50 bits per heavy atom. The normalized spacial score (nSPS) is 27.9. The van der Waals surface area contributed by atoms with E-state index in [9.17, 15) is 9.18 Å². The lowest BCUT2D eigenvalue weighted by molar-refractivity contribution is -0.423. The van der Waals surface area contributed by atoms with Crippen LogP contribution in [0.25, 0.3) is 0 Å². The summed E-state index contributed by atoms with van der Waals surface area (Å²) in [6.45, 7) is 5.81. The number of amides is 1. The number of carbonyl (C=O) groups is 1. The topological polar surface area (TPSA) is 57.2 Å². The van der Waals surface area contributed by atoms with Gasteiger partial charge in [-0.15, -0.1) is 0 Å². The van der Waals surface area contributed by atoms with Gasteiger partial charge in [-0.2, -0.15) is 0 Å². The van der Waals surface area contributed by atoms with E-state index in [1.807, 2.05) is 0 Å². The van der Waals surface area contributed by atoms with Gasteiger partial charge in [0, 0.05) is 0 Å². The van der Waals surface area contributed by atoms with E-state index in [-0.39, 0.29) is 12.6 Å². The van der Waals surface area contributed by atoms with Crippen LogP contribution in [-0.2, 0) is 4.74 Å². The molecular formula is C9H18FN2O2+.